The van der Waals surface area contributed by atoms with Gasteiger partial charge in [-0.3, -0.25) is 9.78 Å². The minimum absolute atomic E-state index is 0.201. The Hall–Kier alpha value is -2.23. The molecular weight excluding hydrogens is 219 g/mol. The Morgan fingerprint density at radius 2 is 1.88 bits per heavy atom. The first-order valence-electron chi connectivity index (χ1n) is 5.19. The van der Waals surface area contributed by atoms with E-state index in [1.54, 1.807) is 36.7 Å². The van der Waals surface area contributed by atoms with Crippen LogP contribution >= 0.6 is 0 Å². The second-order valence-electron chi connectivity index (χ2n) is 3.56. The summed E-state index contributed by atoms with van der Waals surface area (Å²) in [6, 6.07) is 9.59. The molecule has 1 aromatic carbocycles. The number of pyridine rings is 1. The summed E-state index contributed by atoms with van der Waals surface area (Å²) in [6.45, 7) is 0. The third-order valence-corrected chi connectivity index (χ3v) is 2.26. The zero-order chi connectivity index (χ0) is 12.1. The van der Waals surface area contributed by atoms with Crippen molar-refractivity contribution in [1.82, 2.24) is 4.98 Å². The van der Waals surface area contributed by atoms with E-state index in [2.05, 4.69) is 10.3 Å². The molecule has 2 aromatic rings. The number of amides is 1. The lowest BCUT2D eigenvalue weighted by Crippen LogP contribution is -2.15. The number of carbonyl (C=O) groups is 1. The van der Waals surface area contributed by atoms with Gasteiger partial charge >= 0.3 is 0 Å². The predicted molar refractivity (Wildman–Crippen MR) is 63.0 cm³/mol. The third-order valence-electron chi connectivity index (χ3n) is 2.26. The first-order chi connectivity index (χ1) is 8.25. The number of halogens is 1. The highest BCUT2D eigenvalue weighted by atomic mass is 19.1. The lowest BCUT2D eigenvalue weighted by molar-refractivity contribution is -0.115. The van der Waals surface area contributed by atoms with Gasteiger partial charge in [0.2, 0.25) is 5.91 Å². The molecule has 2 rings (SSSR count). The van der Waals surface area contributed by atoms with E-state index < -0.39 is 5.82 Å². The quantitative estimate of drug-likeness (QED) is 0.879. The molecule has 17 heavy (non-hydrogen) atoms. The van der Waals surface area contributed by atoms with Crippen LogP contribution in [0.2, 0.25) is 0 Å². The fourth-order valence-electron chi connectivity index (χ4n) is 1.44. The van der Waals surface area contributed by atoms with Crippen LogP contribution in [0.25, 0.3) is 0 Å². The van der Waals surface area contributed by atoms with Crippen LogP contribution < -0.4 is 5.32 Å². The predicted octanol–water partition coefficient (Wildman–Crippen LogP) is 2.40. The van der Waals surface area contributed by atoms with Gasteiger partial charge in [0.1, 0.15) is 5.82 Å². The molecule has 1 amide bonds. The monoisotopic (exact) mass is 230 g/mol. The zero-order valence-electron chi connectivity index (χ0n) is 9.06. The fraction of sp³-hybridized carbons (Fsp3) is 0.0769. The van der Waals surface area contributed by atoms with Crippen molar-refractivity contribution in [1.29, 1.82) is 0 Å². The molecule has 86 valence electrons. The first-order valence-corrected chi connectivity index (χ1v) is 5.19. The van der Waals surface area contributed by atoms with Gasteiger partial charge in [0.05, 0.1) is 12.1 Å². The number of hydrogen-bond donors (Lipinski definition) is 1. The van der Waals surface area contributed by atoms with Gasteiger partial charge in [0, 0.05) is 12.4 Å². The highest BCUT2D eigenvalue weighted by molar-refractivity contribution is 5.92. The minimum atomic E-state index is -0.435. The summed E-state index contributed by atoms with van der Waals surface area (Å²) in [7, 11) is 0. The maximum absolute atomic E-state index is 13.3. The van der Waals surface area contributed by atoms with Gasteiger partial charge < -0.3 is 5.32 Å². The van der Waals surface area contributed by atoms with Crippen molar-refractivity contribution in [3.05, 3.63) is 60.2 Å². The highest BCUT2D eigenvalue weighted by Crippen LogP contribution is 2.12. The molecule has 0 aliphatic carbocycles. The van der Waals surface area contributed by atoms with Crippen LogP contribution in [0.1, 0.15) is 5.56 Å². The molecule has 0 saturated carbocycles. The van der Waals surface area contributed by atoms with E-state index in [0.717, 1.165) is 5.56 Å². The minimum Gasteiger partial charge on any atom is -0.323 e. The largest absolute Gasteiger partial charge is 0.323 e. The standard InChI is InChI=1S/C13H11FN2O/c14-11-3-1-2-4-12(11)16-13(17)9-10-5-7-15-8-6-10/h1-8H,9H2,(H,16,17). The molecule has 0 atom stereocenters. The molecule has 1 N–H and O–H groups in total. The fourth-order valence-corrected chi connectivity index (χ4v) is 1.44. The van der Waals surface area contributed by atoms with Crippen molar-refractivity contribution in [3.63, 3.8) is 0 Å². The van der Waals surface area contributed by atoms with Crippen molar-refractivity contribution in [2.45, 2.75) is 6.42 Å². The second kappa shape index (κ2) is 5.21. The van der Waals surface area contributed by atoms with Crippen molar-refractivity contribution in [2.75, 3.05) is 5.32 Å². The number of benzene rings is 1. The summed E-state index contributed by atoms with van der Waals surface area (Å²) in [4.78, 5) is 15.5. The number of aromatic nitrogens is 1. The Balaban J connectivity index is 2.01. The van der Waals surface area contributed by atoms with E-state index in [-0.39, 0.29) is 18.0 Å². The number of nitrogens with zero attached hydrogens (tertiary/aromatic N) is 1. The van der Waals surface area contributed by atoms with Crippen LogP contribution in [0, 0.1) is 5.82 Å². The van der Waals surface area contributed by atoms with Gasteiger partial charge in [0.15, 0.2) is 0 Å². The van der Waals surface area contributed by atoms with E-state index in [4.69, 9.17) is 0 Å². The van der Waals surface area contributed by atoms with Crippen molar-refractivity contribution in [2.24, 2.45) is 0 Å². The molecule has 4 heteroatoms. The van der Waals surface area contributed by atoms with Crippen LogP contribution in [0.4, 0.5) is 10.1 Å². The van der Waals surface area contributed by atoms with Crippen LogP contribution in [0.3, 0.4) is 0 Å². The number of nitrogens with one attached hydrogen (secondary N) is 1. The summed E-state index contributed by atoms with van der Waals surface area (Å²) in [5.74, 6) is -0.683. The normalized spacial score (nSPS) is 9.94. The van der Waals surface area contributed by atoms with Crippen LogP contribution in [0.15, 0.2) is 48.8 Å². The number of carbonyl (C=O) groups excluding carboxylic acids is 1. The molecule has 1 aromatic heterocycles. The molecule has 0 bridgehead atoms. The Morgan fingerprint density at radius 3 is 2.59 bits per heavy atom. The van der Waals surface area contributed by atoms with E-state index in [1.807, 2.05) is 0 Å². The Morgan fingerprint density at radius 1 is 1.18 bits per heavy atom. The van der Waals surface area contributed by atoms with Crippen LogP contribution in [0.5, 0.6) is 0 Å². The summed E-state index contributed by atoms with van der Waals surface area (Å²) in [5.41, 5.74) is 1.04. The van der Waals surface area contributed by atoms with Gasteiger partial charge in [-0.2, -0.15) is 0 Å². The van der Waals surface area contributed by atoms with Crippen LogP contribution in [-0.4, -0.2) is 10.9 Å². The van der Waals surface area contributed by atoms with E-state index >= 15 is 0 Å². The number of rotatable bonds is 3. The van der Waals surface area contributed by atoms with E-state index in [1.165, 1.54) is 12.1 Å². The van der Waals surface area contributed by atoms with Crippen molar-refractivity contribution in [3.8, 4) is 0 Å². The zero-order valence-corrected chi connectivity index (χ0v) is 9.06. The molecule has 0 spiro atoms. The van der Waals surface area contributed by atoms with Gasteiger partial charge in [-0.15, -0.1) is 0 Å². The van der Waals surface area contributed by atoms with Gasteiger partial charge in [0.25, 0.3) is 0 Å². The summed E-state index contributed by atoms with van der Waals surface area (Å²) in [5, 5.41) is 2.52. The topological polar surface area (TPSA) is 42.0 Å². The smallest absolute Gasteiger partial charge is 0.228 e. The molecule has 0 unspecified atom stereocenters. The Kier molecular flexibility index (Phi) is 3.45. The van der Waals surface area contributed by atoms with Gasteiger partial charge in [-0.25, -0.2) is 4.39 Å². The Bertz CT molecular complexity index is 514. The van der Waals surface area contributed by atoms with E-state index in [0.29, 0.717) is 0 Å². The molecular formula is C13H11FN2O. The number of hydrogen-bond acceptors (Lipinski definition) is 2. The maximum Gasteiger partial charge on any atom is 0.228 e. The second-order valence-corrected chi connectivity index (χ2v) is 3.56. The number of para-hydroxylation sites is 1. The number of anilines is 1. The van der Waals surface area contributed by atoms with Gasteiger partial charge in [-0.1, -0.05) is 12.1 Å². The molecule has 0 fully saturated rings. The lowest BCUT2D eigenvalue weighted by Gasteiger charge is -2.05. The Labute approximate surface area is 98.3 Å². The van der Waals surface area contributed by atoms with Crippen LogP contribution in [-0.2, 0) is 11.2 Å². The molecule has 0 aliphatic rings. The average molecular weight is 230 g/mol. The summed E-state index contributed by atoms with van der Waals surface area (Å²) < 4.78 is 13.3. The summed E-state index contributed by atoms with van der Waals surface area (Å²) in [6.07, 6.45) is 3.44. The van der Waals surface area contributed by atoms with Gasteiger partial charge in [-0.05, 0) is 29.8 Å². The average Bonchev–Trinajstić information content (AvgIpc) is 2.33. The summed E-state index contributed by atoms with van der Waals surface area (Å²) >= 11 is 0. The first kappa shape index (κ1) is 11.3. The molecule has 1 heterocycles. The molecule has 0 saturated heterocycles. The van der Waals surface area contributed by atoms with Crippen molar-refractivity contribution >= 4 is 11.6 Å². The van der Waals surface area contributed by atoms with E-state index in [9.17, 15) is 9.18 Å². The molecule has 3 nitrogen and oxygen atoms in total. The molecule has 0 aliphatic heterocycles. The highest BCUT2D eigenvalue weighted by Gasteiger charge is 2.06. The maximum atomic E-state index is 13.3. The molecule has 0 radical (unpaired) electrons. The third kappa shape index (κ3) is 3.11. The lowest BCUT2D eigenvalue weighted by atomic mass is 10.2. The SMILES string of the molecule is O=C(Cc1ccncc1)Nc1ccccc1F. The van der Waals surface area contributed by atoms with Crippen molar-refractivity contribution < 1.29 is 9.18 Å².